The third kappa shape index (κ3) is 5.69. The van der Waals surface area contributed by atoms with Gasteiger partial charge in [0.25, 0.3) is 0 Å². The quantitative estimate of drug-likeness (QED) is 0.720. The molecule has 0 aliphatic carbocycles. The molecule has 1 aromatic carbocycles. The van der Waals surface area contributed by atoms with E-state index in [4.69, 9.17) is 9.84 Å². The second-order valence-electron chi connectivity index (χ2n) is 4.85. The molecule has 0 aliphatic heterocycles. The molecule has 0 heterocycles. The van der Waals surface area contributed by atoms with E-state index >= 15 is 0 Å². The fraction of sp³-hybridized carbons (Fsp3) is 0.375. The van der Waals surface area contributed by atoms with Gasteiger partial charge in [-0.05, 0) is 31.9 Å². The van der Waals surface area contributed by atoms with Crippen molar-refractivity contribution in [2.45, 2.75) is 32.7 Å². The number of amides is 1. The second kappa shape index (κ2) is 8.09. The molecule has 5 heteroatoms. The number of carboxylic acids is 1. The van der Waals surface area contributed by atoms with E-state index in [2.05, 4.69) is 11.9 Å². The maximum atomic E-state index is 11.7. The molecule has 0 fully saturated rings. The zero-order chi connectivity index (χ0) is 15.8. The lowest BCUT2D eigenvalue weighted by Crippen LogP contribution is -2.40. The molecule has 0 radical (unpaired) electrons. The second-order valence-corrected chi connectivity index (χ2v) is 4.85. The Bertz CT molecular complexity index is 525. The monoisotopic (exact) mass is 291 g/mol. The number of nitrogens with one attached hydrogen (secondary N) is 1. The van der Waals surface area contributed by atoms with E-state index in [9.17, 15) is 9.59 Å². The molecule has 1 unspecified atom stereocenters. The molecule has 1 amide bonds. The maximum Gasteiger partial charge on any atom is 0.326 e. The third-order valence-corrected chi connectivity index (χ3v) is 2.95. The summed E-state index contributed by atoms with van der Waals surface area (Å²) in [5, 5.41) is 11.4. The summed E-state index contributed by atoms with van der Waals surface area (Å²) in [6.45, 7) is 7.61. The smallest absolute Gasteiger partial charge is 0.326 e. The van der Waals surface area contributed by atoms with Crippen LogP contribution in [0.1, 0.15) is 24.0 Å². The van der Waals surface area contributed by atoms with Crippen LogP contribution in [0.15, 0.2) is 30.9 Å². The highest BCUT2D eigenvalue weighted by molar-refractivity contribution is 5.83. The van der Waals surface area contributed by atoms with Gasteiger partial charge < -0.3 is 15.2 Å². The number of aryl methyl sites for hydroxylation is 2. The molecular formula is C16H21NO4. The Morgan fingerprint density at radius 2 is 2.14 bits per heavy atom. The number of hydrogen-bond acceptors (Lipinski definition) is 3. The topological polar surface area (TPSA) is 75.6 Å². The SMILES string of the molecule is C=CCC(NC(=O)CCOc1ccc(C)cc1C)C(=O)O. The Hall–Kier alpha value is -2.30. The van der Waals surface area contributed by atoms with E-state index in [1.165, 1.54) is 6.08 Å². The van der Waals surface area contributed by atoms with Gasteiger partial charge in [-0.2, -0.15) is 0 Å². The van der Waals surface area contributed by atoms with Crippen molar-refractivity contribution in [3.05, 3.63) is 42.0 Å². The van der Waals surface area contributed by atoms with Gasteiger partial charge in [0.15, 0.2) is 0 Å². The highest BCUT2D eigenvalue weighted by Crippen LogP contribution is 2.18. The van der Waals surface area contributed by atoms with Gasteiger partial charge in [0, 0.05) is 0 Å². The Kier molecular flexibility index (Phi) is 6.46. The fourth-order valence-corrected chi connectivity index (χ4v) is 1.87. The highest BCUT2D eigenvalue weighted by atomic mass is 16.5. The van der Waals surface area contributed by atoms with E-state index in [0.717, 1.165) is 16.9 Å². The zero-order valence-corrected chi connectivity index (χ0v) is 12.4. The molecule has 0 spiro atoms. The Morgan fingerprint density at radius 3 is 2.71 bits per heavy atom. The van der Waals surface area contributed by atoms with Gasteiger partial charge in [0.1, 0.15) is 11.8 Å². The largest absolute Gasteiger partial charge is 0.493 e. The first kappa shape index (κ1) is 16.8. The molecule has 0 aromatic heterocycles. The van der Waals surface area contributed by atoms with E-state index in [-0.39, 0.29) is 25.4 Å². The Balaban J connectivity index is 2.42. The summed E-state index contributed by atoms with van der Waals surface area (Å²) in [6.07, 6.45) is 1.76. The molecule has 1 aromatic rings. The van der Waals surface area contributed by atoms with Crippen molar-refractivity contribution in [3.8, 4) is 5.75 Å². The molecule has 0 saturated heterocycles. The van der Waals surface area contributed by atoms with Crippen LogP contribution in [0.4, 0.5) is 0 Å². The average molecular weight is 291 g/mol. The van der Waals surface area contributed by atoms with Crippen LogP contribution in [0.5, 0.6) is 5.75 Å². The maximum absolute atomic E-state index is 11.7. The van der Waals surface area contributed by atoms with E-state index in [1.54, 1.807) is 0 Å². The zero-order valence-electron chi connectivity index (χ0n) is 12.4. The Morgan fingerprint density at radius 1 is 1.43 bits per heavy atom. The van der Waals surface area contributed by atoms with Crippen LogP contribution < -0.4 is 10.1 Å². The molecule has 1 atom stereocenters. The van der Waals surface area contributed by atoms with Crippen LogP contribution in [-0.2, 0) is 9.59 Å². The summed E-state index contributed by atoms with van der Waals surface area (Å²) in [6, 6.07) is 4.86. The van der Waals surface area contributed by atoms with Crippen LogP contribution in [0.2, 0.25) is 0 Å². The lowest BCUT2D eigenvalue weighted by atomic mass is 10.1. The molecule has 0 saturated carbocycles. The molecule has 2 N–H and O–H groups in total. The molecule has 1 rings (SSSR count). The number of hydrogen-bond donors (Lipinski definition) is 2. The van der Waals surface area contributed by atoms with Crippen LogP contribution in [0.3, 0.4) is 0 Å². The summed E-state index contributed by atoms with van der Waals surface area (Å²) in [5.74, 6) is -0.693. The van der Waals surface area contributed by atoms with Crippen molar-refractivity contribution >= 4 is 11.9 Å². The molecular weight excluding hydrogens is 270 g/mol. The molecule has 0 bridgehead atoms. The number of carbonyl (C=O) groups excluding carboxylic acids is 1. The van der Waals surface area contributed by atoms with E-state index in [1.807, 2.05) is 32.0 Å². The summed E-state index contributed by atoms with van der Waals surface area (Å²) < 4.78 is 5.54. The van der Waals surface area contributed by atoms with E-state index < -0.39 is 12.0 Å². The van der Waals surface area contributed by atoms with Crippen LogP contribution >= 0.6 is 0 Å². The first-order chi connectivity index (χ1) is 9.93. The number of benzene rings is 1. The van der Waals surface area contributed by atoms with Gasteiger partial charge in [-0.1, -0.05) is 23.8 Å². The van der Waals surface area contributed by atoms with E-state index in [0.29, 0.717) is 0 Å². The lowest BCUT2D eigenvalue weighted by Gasteiger charge is -2.13. The predicted molar refractivity (Wildman–Crippen MR) is 80.4 cm³/mol. The summed E-state index contributed by atoms with van der Waals surface area (Å²) in [5.41, 5.74) is 2.15. The molecule has 5 nitrogen and oxygen atoms in total. The van der Waals surface area contributed by atoms with Gasteiger partial charge in [-0.3, -0.25) is 4.79 Å². The predicted octanol–water partition coefficient (Wildman–Crippen LogP) is 2.22. The minimum Gasteiger partial charge on any atom is -0.493 e. The fourth-order valence-electron chi connectivity index (χ4n) is 1.87. The van der Waals surface area contributed by atoms with Crippen molar-refractivity contribution in [1.82, 2.24) is 5.32 Å². The van der Waals surface area contributed by atoms with Crippen LogP contribution in [0, 0.1) is 13.8 Å². The van der Waals surface area contributed by atoms with Crippen molar-refractivity contribution in [1.29, 1.82) is 0 Å². The molecule has 21 heavy (non-hydrogen) atoms. The molecule has 0 aliphatic rings. The van der Waals surface area contributed by atoms with Gasteiger partial charge in [-0.25, -0.2) is 4.79 Å². The number of carboxylic acid groups (broad SMARTS) is 1. The minimum absolute atomic E-state index is 0.105. The summed E-state index contributed by atoms with van der Waals surface area (Å²) in [4.78, 5) is 22.6. The van der Waals surface area contributed by atoms with Gasteiger partial charge in [-0.15, -0.1) is 6.58 Å². The minimum atomic E-state index is -1.07. The van der Waals surface area contributed by atoms with Crippen LogP contribution in [0.25, 0.3) is 0 Å². The lowest BCUT2D eigenvalue weighted by molar-refractivity contribution is -0.141. The first-order valence-corrected chi connectivity index (χ1v) is 6.77. The van der Waals surface area contributed by atoms with Gasteiger partial charge in [0.2, 0.25) is 5.91 Å². The summed E-state index contributed by atoms with van der Waals surface area (Å²) in [7, 11) is 0. The van der Waals surface area contributed by atoms with Crippen molar-refractivity contribution < 1.29 is 19.4 Å². The van der Waals surface area contributed by atoms with Crippen LogP contribution in [-0.4, -0.2) is 29.6 Å². The third-order valence-electron chi connectivity index (χ3n) is 2.95. The normalized spacial score (nSPS) is 11.5. The van der Waals surface area contributed by atoms with Gasteiger partial charge >= 0.3 is 5.97 Å². The number of ether oxygens (including phenoxy) is 1. The number of carbonyl (C=O) groups is 2. The first-order valence-electron chi connectivity index (χ1n) is 6.77. The standard InChI is InChI=1S/C16H21NO4/c1-4-5-13(16(19)20)17-15(18)8-9-21-14-7-6-11(2)10-12(14)3/h4,6-7,10,13H,1,5,8-9H2,2-3H3,(H,17,18)(H,19,20). The summed E-state index contributed by atoms with van der Waals surface area (Å²) >= 11 is 0. The van der Waals surface area contributed by atoms with Crippen molar-refractivity contribution in [2.24, 2.45) is 0 Å². The molecule has 114 valence electrons. The number of rotatable bonds is 8. The van der Waals surface area contributed by atoms with Crippen molar-refractivity contribution in [2.75, 3.05) is 6.61 Å². The Labute approximate surface area is 124 Å². The average Bonchev–Trinajstić information content (AvgIpc) is 2.40. The highest BCUT2D eigenvalue weighted by Gasteiger charge is 2.17. The number of aliphatic carboxylic acids is 1. The van der Waals surface area contributed by atoms with Crippen molar-refractivity contribution in [3.63, 3.8) is 0 Å². The van der Waals surface area contributed by atoms with Gasteiger partial charge in [0.05, 0.1) is 13.0 Å².